The maximum absolute atomic E-state index is 13.3. The van der Waals surface area contributed by atoms with Gasteiger partial charge in [-0.1, -0.05) is 85.8 Å². The standard InChI is InChI=1S/C36H36N8O6S2/c1-2-9-26-14-16-28(17-15-26)38-33-30(24-37)32(27-10-5-3-6-11-27)39-36(40-33)51-25-31(45)43-20-18-42(19-21-43)22-23-49-34-35(44(46)50-41-34)52(47,48)29-12-7-4-8-13-29/h3-8,10-17H,2,9,18-23,25H2,1H3,(H,38,39,40). The number of nitrogens with zero attached hydrogens (tertiary/aromatic N) is 7. The SMILES string of the molecule is CCCc1ccc(Nc2nc(SCC(=O)N3CCN(CCOc4no[n+]([O-])c4S(=O)(=O)c4ccccc4)CC3)nc(-c3ccccc3)c2C#N)cc1. The number of hydrogen-bond donors (Lipinski definition) is 1. The summed E-state index contributed by atoms with van der Waals surface area (Å²) in [5.74, 6) is -0.0114. The van der Waals surface area contributed by atoms with Crippen molar-refractivity contribution in [2.75, 3.05) is 50.4 Å². The maximum atomic E-state index is 13.3. The highest BCUT2D eigenvalue weighted by molar-refractivity contribution is 7.99. The van der Waals surface area contributed by atoms with E-state index < -0.39 is 20.7 Å². The molecule has 0 atom stereocenters. The third-order valence-corrected chi connectivity index (χ3v) is 10.9. The van der Waals surface area contributed by atoms with Crippen LogP contribution >= 0.6 is 11.8 Å². The zero-order valence-electron chi connectivity index (χ0n) is 28.3. The monoisotopic (exact) mass is 740 g/mol. The van der Waals surface area contributed by atoms with E-state index in [2.05, 4.69) is 38.0 Å². The number of sulfone groups is 1. The van der Waals surface area contributed by atoms with Crippen LogP contribution in [0.1, 0.15) is 24.5 Å². The van der Waals surface area contributed by atoms with E-state index in [-0.39, 0.29) is 28.1 Å². The summed E-state index contributed by atoms with van der Waals surface area (Å²) in [5.41, 5.74) is 3.57. The van der Waals surface area contributed by atoms with Crippen LogP contribution in [-0.2, 0) is 21.1 Å². The van der Waals surface area contributed by atoms with Crippen LogP contribution in [0, 0.1) is 16.5 Å². The minimum atomic E-state index is -4.21. The normalized spacial score (nSPS) is 13.4. The molecule has 0 bridgehead atoms. The van der Waals surface area contributed by atoms with Gasteiger partial charge in [0.2, 0.25) is 5.91 Å². The zero-order valence-corrected chi connectivity index (χ0v) is 30.0. The van der Waals surface area contributed by atoms with Crippen LogP contribution in [0.15, 0.2) is 105 Å². The van der Waals surface area contributed by atoms with Gasteiger partial charge in [0.05, 0.1) is 21.5 Å². The summed E-state index contributed by atoms with van der Waals surface area (Å²) >= 11 is 1.21. The van der Waals surface area contributed by atoms with Crippen LogP contribution in [0.4, 0.5) is 11.5 Å². The lowest BCUT2D eigenvalue weighted by Crippen LogP contribution is -2.50. The molecule has 3 aromatic carbocycles. The van der Waals surface area contributed by atoms with E-state index in [1.54, 1.807) is 23.1 Å². The fourth-order valence-corrected chi connectivity index (χ4v) is 7.68. The van der Waals surface area contributed by atoms with Crippen molar-refractivity contribution in [3.05, 3.63) is 101 Å². The van der Waals surface area contributed by atoms with Crippen molar-refractivity contribution in [2.45, 2.75) is 34.8 Å². The molecule has 2 aromatic heterocycles. The van der Waals surface area contributed by atoms with E-state index in [4.69, 9.17) is 9.72 Å². The molecule has 1 saturated heterocycles. The Morgan fingerprint density at radius 1 is 1.02 bits per heavy atom. The second-order valence-electron chi connectivity index (χ2n) is 11.8. The number of benzene rings is 3. The topological polar surface area (TPSA) is 181 Å². The average molecular weight is 741 g/mol. The predicted molar refractivity (Wildman–Crippen MR) is 192 cm³/mol. The molecule has 0 saturated carbocycles. The Balaban J connectivity index is 1.05. The summed E-state index contributed by atoms with van der Waals surface area (Å²) in [6, 6.07) is 27.2. The van der Waals surface area contributed by atoms with Crippen molar-refractivity contribution >= 4 is 39.0 Å². The number of thioether (sulfide) groups is 1. The van der Waals surface area contributed by atoms with Crippen molar-refractivity contribution in [2.24, 2.45) is 0 Å². The molecule has 16 heteroatoms. The summed E-state index contributed by atoms with van der Waals surface area (Å²) in [5, 5.41) is 28.8. The van der Waals surface area contributed by atoms with Gasteiger partial charge in [-0.2, -0.15) is 5.26 Å². The van der Waals surface area contributed by atoms with Crippen LogP contribution in [0.3, 0.4) is 0 Å². The third kappa shape index (κ3) is 8.51. The molecule has 5 aromatic rings. The second kappa shape index (κ2) is 16.7. The van der Waals surface area contributed by atoms with Crippen LogP contribution in [0.2, 0.25) is 0 Å². The molecule has 1 aliphatic heterocycles. The molecular weight excluding hydrogens is 705 g/mol. The van der Waals surface area contributed by atoms with Gasteiger partial charge in [-0.25, -0.2) is 18.4 Å². The Kier molecular flexibility index (Phi) is 11.6. The van der Waals surface area contributed by atoms with Crippen LogP contribution < -0.4 is 15.0 Å². The first kappa shape index (κ1) is 36.3. The maximum Gasteiger partial charge on any atom is 0.415 e. The molecule has 0 radical (unpaired) electrons. The smallest absolute Gasteiger partial charge is 0.415 e. The number of aryl methyl sites for hydroxylation is 1. The first-order valence-electron chi connectivity index (χ1n) is 16.7. The number of carbonyl (C=O) groups excluding carboxylic acids is 1. The highest BCUT2D eigenvalue weighted by Gasteiger charge is 2.36. The summed E-state index contributed by atoms with van der Waals surface area (Å²) < 4.78 is 36.1. The first-order valence-corrected chi connectivity index (χ1v) is 19.1. The predicted octanol–water partition coefficient (Wildman–Crippen LogP) is 4.48. The third-order valence-electron chi connectivity index (χ3n) is 8.35. The number of ether oxygens (including phenoxy) is 1. The molecule has 3 heterocycles. The fraction of sp³-hybridized carbons (Fsp3) is 0.278. The van der Waals surface area contributed by atoms with Crippen LogP contribution in [0.5, 0.6) is 5.88 Å². The molecule has 0 aliphatic carbocycles. The Hall–Kier alpha value is -5.50. The van der Waals surface area contributed by atoms with Gasteiger partial charge in [-0.3, -0.25) is 14.3 Å². The lowest BCUT2D eigenvalue weighted by molar-refractivity contribution is -0.832. The molecule has 1 amide bonds. The molecular formula is C36H36N8O6S2. The molecule has 52 heavy (non-hydrogen) atoms. The van der Waals surface area contributed by atoms with Crippen molar-refractivity contribution in [1.29, 1.82) is 5.26 Å². The summed E-state index contributed by atoms with van der Waals surface area (Å²) in [6.45, 7) is 4.66. The van der Waals surface area contributed by atoms with Gasteiger partial charge in [0.15, 0.2) is 11.0 Å². The number of hydrogen-bond acceptors (Lipinski definition) is 13. The molecule has 14 nitrogen and oxygen atoms in total. The number of amides is 1. The minimum absolute atomic E-state index is 0.0483. The molecule has 6 rings (SSSR count). The van der Waals surface area contributed by atoms with Gasteiger partial charge < -0.3 is 20.2 Å². The molecule has 268 valence electrons. The Morgan fingerprint density at radius 2 is 1.71 bits per heavy atom. The van der Waals surface area contributed by atoms with Gasteiger partial charge >= 0.3 is 10.9 Å². The number of anilines is 2. The van der Waals surface area contributed by atoms with E-state index >= 15 is 0 Å². The molecule has 0 unspecified atom stereocenters. The zero-order chi connectivity index (χ0) is 36.5. The molecule has 0 spiro atoms. The average Bonchev–Trinajstić information content (AvgIpc) is 3.56. The van der Waals surface area contributed by atoms with Crippen LogP contribution in [-0.4, -0.2) is 84.3 Å². The highest BCUT2D eigenvalue weighted by atomic mass is 32.2. The van der Waals surface area contributed by atoms with Crippen molar-refractivity contribution < 1.29 is 27.5 Å². The van der Waals surface area contributed by atoms with Crippen molar-refractivity contribution in [1.82, 2.24) is 24.9 Å². The van der Waals surface area contributed by atoms with Crippen molar-refractivity contribution in [3.63, 3.8) is 0 Å². The number of piperazine rings is 1. The van der Waals surface area contributed by atoms with E-state index in [1.165, 1.54) is 29.5 Å². The van der Waals surface area contributed by atoms with E-state index in [1.807, 2.05) is 54.6 Å². The summed E-state index contributed by atoms with van der Waals surface area (Å²) in [7, 11) is -4.21. The lowest BCUT2D eigenvalue weighted by Gasteiger charge is -2.34. The Labute approximate surface area is 305 Å². The first-order chi connectivity index (χ1) is 25.3. The Bertz CT molecular complexity index is 2140. The Morgan fingerprint density at radius 3 is 2.38 bits per heavy atom. The van der Waals surface area contributed by atoms with Gasteiger partial charge in [-0.15, -0.1) is 0 Å². The van der Waals surface area contributed by atoms with E-state index in [0.717, 1.165) is 24.1 Å². The molecule has 1 aliphatic rings. The van der Waals surface area contributed by atoms with Crippen molar-refractivity contribution in [3.8, 4) is 23.2 Å². The number of carbonyl (C=O) groups is 1. The molecule has 1 N–H and O–H groups in total. The summed E-state index contributed by atoms with van der Waals surface area (Å²) in [4.78, 5) is 26.3. The van der Waals surface area contributed by atoms with Gasteiger partial charge in [-0.05, 0) is 41.2 Å². The number of aromatic nitrogens is 4. The highest BCUT2D eigenvalue weighted by Crippen LogP contribution is 2.31. The quantitative estimate of drug-likeness (QED) is 0.0957. The number of nitriles is 1. The van der Waals surface area contributed by atoms with E-state index in [0.29, 0.717) is 55.0 Å². The van der Waals surface area contributed by atoms with Gasteiger partial charge in [0.1, 0.15) is 18.2 Å². The van der Waals surface area contributed by atoms with E-state index in [9.17, 15) is 23.7 Å². The molecule has 1 fully saturated rings. The lowest BCUT2D eigenvalue weighted by atomic mass is 10.1. The number of rotatable bonds is 14. The minimum Gasteiger partial charge on any atom is -0.453 e. The largest absolute Gasteiger partial charge is 0.453 e. The van der Waals surface area contributed by atoms with Gasteiger partial charge in [0, 0.05) is 44.0 Å². The van der Waals surface area contributed by atoms with Crippen LogP contribution in [0.25, 0.3) is 11.3 Å². The number of nitrogens with one attached hydrogen (secondary N) is 1. The van der Waals surface area contributed by atoms with Gasteiger partial charge in [0.25, 0.3) is 9.84 Å². The summed E-state index contributed by atoms with van der Waals surface area (Å²) in [6.07, 6.45) is 2.02. The fourth-order valence-electron chi connectivity index (χ4n) is 5.64. The second-order valence-corrected chi connectivity index (χ2v) is 14.7.